The largest absolute Gasteiger partial charge is 0.321 e. The number of aromatic amines is 2. The molecule has 0 aromatic carbocycles. The van der Waals surface area contributed by atoms with Crippen LogP contribution in [-0.4, -0.2) is 15.0 Å². The van der Waals surface area contributed by atoms with Gasteiger partial charge in [-0.2, -0.15) is 0 Å². The molecule has 102 valence electrons. The van der Waals surface area contributed by atoms with E-state index >= 15 is 0 Å². The molecule has 0 aliphatic heterocycles. The van der Waals surface area contributed by atoms with Crippen molar-refractivity contribution >= 4 is 31.6 Å². The van der Waals surface area contributed by atoms with Gasteiger partial charge >= 0.3 is 0 Å². The molecule has 0 radical (unpaired) electrons. The first-order chi connectivity index (χ1) is 10.2. The zero-order valence-electron chi connectivity index (χ0n) is 10.7. The van der Waals surface area contributed by atoms with Crippen LogP contribution in [0, 0.1) is 0 Å². The Hall–Kier alpha value is -2.73. The highest BCUT2D eigenvalue weighted by Gasteiger charge is 2.12. The Labute approximate surface area is 121 Å². The van der Waals surface area contributed by atoms with Gasteiger partial charge in [-0.1, -0.05) is 0 Å². The second-order valence-corrected chi connectivity index (χ2v) is 5.68. The molecule has 2 N–H and O–H groups in total. The monoisotopic (exact) mass is 295 g/mol. The molecule has 4 aromatic rings. The van der Waals surface area contributed by atoms with Crippen molar-refractivity contribution in [3.63, 3.8) is 0 Å². The normalized spacial score (nSPS) is 11.2. The van der Waals surface area contributed by atoms with E-state index in [1.807, 2.05) is 12.1 Å². The van der Waals surface area contributed by atoms with Crippen LogP contribution < -0.4 is 11.1 Å². The number of hydrogen-bond donors (Lipinski definition) is 2. The van der Waals surface area contributed by atoms with E-state index < -0.39 is 0 Å². The van der Waals surface area contributed by atoms with Crippen molar-refractivity contribution in [2.24, 2.45) is 0 Å². The molecule has 4 heterocycles. The highest BCUT2D eigenvalue weighted by Crippen LogP contribution is 2.36. The van der Waals surface area contributed by atoms with Crippen molar-refractivity contribution in [1.82, 2.24) is 15.0 Å². The second-order valence-electron chi connectivity index (χ2n) is 4.65. The molecular weight excluding hydrogens is 286 g/mol. The van der Waals surface area contributed by atoms with E-state index in [0.717, 1.165) is 31.6 Å². The summed E-state index contributed by atoms with van der Waals surface area (Å²) in [6.45, 7) is 0. The highest BCUT2D eigenvalue weighted by atomic mass is 32.1. The summed E-state index contributed by atoms with van der Waals surface area (Å²) in [4.78, 5) is 33.9. The number of nitrogens with one attached hydrogen (secondary N) is 2. The number of pyridine rings is 3. The molecule has 0 saturated heterocycles. The lowest BCUT2D eigenvalue weighted by Crippen LogP contribution is -2.04. The summed E-state index contributed by atoms with van der Waals surface area (Å²) in [5.74, 6) is 0. The second kappa shape index (κ2) is 4.39. The molecule has 0 atom stereocenters. The number of hydrogen-bond acceptors (Lipinski definition) is 4. The first kappa shape index (κ1) is 12.0. The molecule has 0 fully saturated rings. The maximum Gasteiger partial charge on any atom is 0.249 e. The summed E-state index contributed by atoms with van der Waals surface area (Å²) in [6.07, 6.45) is 3.36. The van der Waals surface area contributed by atoms with Crippen molar-refractivity contribution in [3.8, 4) is 11.3 Å². The third-order valence-electron chi connectivity index (χ3n) is 3.34. The lowest BCUT2D eigenvalue weighted by molar-refractivity contribution is 1.26. The topological polar surface area (TPSA) is 78.6 Å². The number of aromatic nitrogens is 3. The van der Waals surface area contributed by atoms with Gasteiger partial charge in [-0.25, -0.2) is 0 Å². The van der Waals surface area contributed by atoms with Crippen LogP contribution in [0.2, 0.25) is 0 Å². The summed E-state index contributed by atoms with van der Waals surface area (Å²) in [7, 11) is 0. The lowest BCUT2D eigenvalue weighted by Gasteiger charge is -2.02. The van der Waals surface area contributed by atoms with Crippen LogP contribution in [0.4, 0.5) is 0 Å². The molecule has 5 nitrogen and oxygen atoms in total. The van der Waals surface area contributed by atoms with Gasteiger partial charge in [-0.3, -0.25) is 14.6 Å². The average Bonchev–Trinajstić information content (AvgIpc) is 2.84. The molecule has 0 bridgehead atoms. The standard InChI is InChI=1S/C15H9N3O2S/c19-11-2-1-9-10-7-12(20)17-13(8-3-5-16-6-4-8)14(10)21-15(9)18-11/h1-7H,(H,17,20)(H,18,19). The first-order valence-corrected chi connectivity index (χ1v) is 7.13. The fourth-order valence-corrected chi connectivity index (χ4v) is 3.62. The quantitative estimate of drug-likeness (QED) is 0.566. The molecule has 6 heteroatoms. The van der Waals surface area contributed by atoms with Gasteiger partial charge in [0.1, 0.15) is 4.83 Å². The van der Waals surface area contributed by atoms with Crippen molar-refractivity contribution < 1.29 is 0 Å². The van der Waals surface area contributed by atoms with Gasteiger partial charge in [0, 0.05) is 40.9 Å². The number of H-pyrrole nitrogens is 2. The van der Waals surface area contributed by atoms with Crippen molar-refractivity contribution in [2.45, 2.75) is 0 Å². The third-order valence-corrected chi connectivity index (χ3v) is 4.50. The number of thiophene rings is 1. The summed E-state index contributed by atoms with van der Waals surface area (Å²) in [6, 6.07) is 8.48. The van der Waals surface area contributed by atoms with Crippen molar-refractivity contribution in [3.05, 3.63) is 63.4 Å². The minimum absolute atomic E-state index is 0.147. The van der Waals surface area contributed by atoms with Crippen LogP contribution in [-0.2, 0) is 0 Å². The zero-order chi connectivity index (χ0) is 14.4. The molecule has 0 amide bonds. The fourth-order valence-electron chi connectivity index (χ4n) is 2.43. The predicted molar refractivity (Wildman–Crippen MR) is 83.8 cm³/mol. The van der Waals surface area contributed by atoms with Crippen LogP contribution in [0.25, 0.3) is 31.6 Å². The van der Waals surface area contributed by atoms with Crippen molar-refractivity contribution in [1.29, 1.82) is 0 Å². The number of nitrogens with zero attached hydrogens (tertiary/aromatic N) is 1. The SMILES string of the molecule is O=c1cc2c(sc3[nH]c(=O)ccc32)c(-c2ccncc2)[nH]1. The molecular formula is C15H9N3O2S. The smallest absolute Gasteiger partial charge is 0.249 e. The van der Waals surface area contributed by atoms with E-state index in [2.05, 4.69) is 15.0 Å². The summed E-state index contributed by atoms with van der Waals surface area (Å²) < 4.78 is 0.942. The Balaban J connectivity index is 2.19. The van der Waals surface area contributed by atoms with E-state index in [0.29, 0.717) is 0 Å². The van der Waals surface area contributed by atoms with E-state index in [9.17, 15) is 9.59 Å². The van der Waals surface area contributed by atoms with E-state index in [1.54, 1.807) is 24.5 Å². The Morgan fingerprint density at radius 1 is 0.905 bits per heavy atom. The van der Waals surface area contributed by atoms with E-state index in [-0.39, 0.29) is 11.1 Å². The molecule has 21 heavy (non-hydrogen) atoms. The maximum atomic E-state index is 11.9. The van der Waals surface area contributed by atoms with Crippen LogP contribution >= 0.6 is 11.3 Å². The molecule has 0 aliphatic carbocycles. The molecule has 0 unspecified atom stereocenters. The average molecular weight is 295 g/mol. The summed E-state index contributed by atoms with van der Waals surface area (Å²) >= 11 is 1.46. The number of rotatable bonds is 1. The van der Waals surface area contributed by atoms with Gasteiger partial charge in [0.05, 0.1) is 10.4 Å². The maximum absolute atomic E-state index is 11.9. The first-order valence-electron chi connectivity index (χ1n) is 6.31. The highest BCUT2D eigenvalue weighted by molar-refractivity contribution is 7.25. The molecule has 0 saturated carbocycles. The van der Waals surface area contributed by atoms with Gasteiger partial charge < -0.3 is 9.97 Å². The van der Waals surface area contributed by atoms with E-state index in [1.165, 1.54) is 17.4 Å². The third kappa shape index (κ3) is 1.88. The minimum atomic E-state index is -0.166. The fraction of sp³-hybridized carbons (Fsp3) is 0. The lowest BCUT2D eigenvalue weighted by atomic mass is 10.1. The van der Waals surface area contributed by atoms with Crippen molar-refractivity contribution in [2.75, 3.05) is 0 Å². The zero-order valence-corrected chi connectivity index (χ0v) is 11.5. The van der Waals surface area contributed by atoms with Crippen LogP contribution in [0.15, 0.2) is 52.3 Å². The number of fused-ring (bicyclic) bond motifs is 3. The summed E-state index contributed by atoms with van der Waals surface area (Å²) in [5, 5.41) is 1.73. The Bertz CT molecular complexity index is 1080. The Morgan fingerprint density at radius 2 is 1.71 bits per heavy atom. The Kier molecular flexibility index (Phi) is 2.52. The van der Waals surface area contributed by atoms with Crippen LogP contribution in [0.3, 0.4) is 0 Å². The van der Waals surface area contributed by atoms with Gasteiger partial charge in [-0.05, 0) is 18.2 Å². The Morgan fingerprint density at radius 3 is 2.52 bits per heavy atom. The van der Waals surface area contributed by atoms with Crippen LogP contribution in [0.1, 0.15) is 0 Å². The van der Waals surface area contributed by atoms with E-state index in [4.69, 9.17) is 0 Å². The predicted octanol–water partition coefficient (Wildman–Crippen LogP) is 2.49. The van der Waals surface area contributed by atoms with Gasteiger partial charge in [0.2, 0.25) is 11.1 Å². The molecule has 0 aliphatic rings. The van der Waals surface area contributed by atoms with Gasteiger partial charge in [0.15, 0.2) is 0 Å². The molecule has 4 rings (SSSR count). The van der Waals surface area contributed by atoms with Gasteiger partial charge in [-0.15, -0.1) is 11.3 Å². The minimum Gasteiger partial charge on any atom is -0.321 e. The van der Waals surface area contributed by atoms with Crippen LogP contribution in [0.5, 0.6) is 0 Å². The van der Waals surface area contributed by atoms with Gasteiger partial charge in [0.25, 0.3) is 0 Å². The molecule has 4 aromatic heterocycles. The summed E-state index contributed by atoms with van der Waals surface area (Å²) in [5.41, 5.74) is 1.33. The molecule has 0 spiro atoms.